The third-order valence-corrected chi connectivity index (χ3v) is 3.16. The second-order valence-electron chi connectivity index (χ2n) is 5.41. The smallest absolute Gasteiger partial charge is 0.120 e. The van der Waals surface area contributed by atoms with Gasteiger partial charge < -0.3 is 15.2 Å². The SMILES string of the molecule is Cc1cccc(COc2cccc(CNC[C@@H](C)O)c2)c1. The number of rotatable bonds is 7. The molecule has 3 heteroatoms. The minimum absolute atomic E-state index is 0.328. The predicted molar refractivity (Wildman–Crippen MR) is 85.3 cm³/mol. The zero-order chi connectivity index (χ0) is 15.1. The fraction of sp³-hybridized carbons (Fsp3) is 0.333. The minimum atomic E-state index is -0.328. The first kappa shape index (κ1) is 15.5. The van der Waals surface area contributed by atoms with E-state index in [1.165, 1.54) is 11.1 Å². The highest BCUT2D eigenvalue weighted by Gasteiger charge is 2.00. The van der Waals surface area contributed by atoms with Gasteiger partial charge in [-0.15, -0.1) is 0 Å². The van der Waals surface area contributed by atoms with Gasteiger partial charge in [0.05, 0.1) is 6.10 Å². The summed E-state index contributed by atoms with van der Waals surface area (Å²) < 4.78 is 5.84. The van der Waals surface area contributed by atoms with Gasteiger partial charge in [-0.25, -0.2) is 0 Å². The number of nitrogens with one attached hydrogen (secondary N) is 1. The van der Waals surface area contributed by atoms with Gasteiger partial charge in [-0.05, 0) is 37.1 Å². The molecule has 0 saturated carbocycles. The maximum Gasteiger partial charge on any atom is 0.120 e. The lowest BCUT2D eigenvalue weighted by atomic mass is 10.1. The first-order valence-corrected chi connectivity index (χ1v) is 7.29. The van der Waals surface area contributed by atoms with Crippen molar-refractivity contribution in [3.8, 4) is 5.75 Å². The fourth-order valence-corrected chi connectivity index (χ4v) is 2.14. The zero-order valence-electron chi connectivity index (χ0n) is 12.7. The molecule has 2 aromatic rings. The molecule has 0 amide bonds. The van der Waals surface area contributed by atoms with Crippen molar-refractivity contribution >= 4 is 0 Å². The van der Waals surface area contributed by atoms with Gasteiger partial charge >= 0.3 is 0 Å². The molecule has 21 heavy (non-hydrogen) atoms. The Balaban J connectivity index is 1.88. The summed E-state index contributed by atoms with van der Waals surface area (Å²) in [6.45, 7) is 5.75. The second-order valence-corrected chi connectivity index (χ2v) is 5.41. The van der Waals surface area contributed by atoms with Crippen molar-refractivity contribution in [1.29, 1.82) is 0 Å². The Labute approximate surface area is 126 Å². The lowest BCUT2D eigenvalue weighted by molar-refractivity contribution is 0.191. The number of hydrogen-bond donors (Lipinski definition) is 2. The molecular weight excluding hydrogens is 262 g/mol. The quantitative estimate of drug-likeness (QED) is 0.821. The van der Waals surface area contributed by atoms with E-state index in [1.54, 1.807) is 6.92 Å². The molecule has 1 atom stereocenters. The van der Waals surface area contributed by atoms with Crippen LogP contribution >= 0.6 is 0 Å². The summed E-state index contributed by atoms with van der Waals surface area (Å²) in [4.78, 5) is 0. The third kappa shape index (κ3) is 5.58. The molecule has 3 nitrogen and oxygen atoms in total. The van der Waals surface area contributed by atoms with E-state index in [4.69, 9.17) is 4.74 Å². The Morgan fingerprint density at radius 3 is 2.62 bits per heavy atom. The van der Waals surface area contributed by atoms with Crippen molar-refractivity contribution in [3.05, 3.63) is 65.2 Å². The Bertz CT molecular complexity index is 567. The van der Waals surface area contributed by atoms with Gasteiger partial charge in [-0.3, -0.25) is 0 Å². The van der Waals surface area contributed by atoms with E-state index < -0.39 is 0 Å². The predicted octanol–water partition coefficient (Wildman–Crippen LogP) is 3.04. The van der Waals surface area contributed by atoms with E-state index in [1.807, 2.05) is 24.3 Å². The highest BCUT2D eigenvalue weighted by atomic mass is 16.5. The van der Waals surface area contributed by atoms with Crippen LogP contribution in [0.15, 0.2) is 48.5 Å². The number of benzene rings is 2. The molecule has 2 rings (SSSR count). The van der Waals surface area contributed by atoms with Crippen LogP contribution < -0.4 is 10.1 Å². The molecule has 0 saturated heterocycles. The molecule has 0 aliphatic rings. The molecule has 112 valence electrons. The minimum Gasteiger partial charge on any atom is -0.489 e. The second kappa shape index (κ2) is 7.81. The molecule has 0 aliphatic heterocycles. The molecule has 0 aromatic heterocycles. The maximum absolute atomic E-state index is 9.23. The van der Waals surface area contributed by atoms with E-state index in [0.29, 0.717) is 13.2 Å². The van der Waals surface area contributed by atoms with Crippen LogP contribution in [0.2, 0.25) is 0 Å². The van der Waals surface area contributed by atoms with Crippen molar-refractivity contribution in [2.75, 3.05) is 6.54 Å². The largest absolute Gasteiger partial charge is 0.489 e. The van der Waals surface area contributed by atoms with Crippen LogP contribution in [0.4, 0.5) is 0 Å². The van der Waals surface area contributed by atoms with Crippen LogP contribution in [-0.2, 0) is 13.2 Å². The normalized spacial score (nSPS) is 12.1. The van der Waals surface area contributed by atoms with Crippen LogP contribution in [0.1, 0.15) is 23.6 Å². The van der Waals surface area contributed by atoms with E-state index >= 15 is 0 Å². The van der Waals surface area contributed by atoms with Gasteiger partial charge in [0, 0.05) is 13.1 Å². The van der Waals surface area contributed by atoms with Gasteiger partial charge in [0.15, 0.2) is 0 Å². The number of ether oxygens (including phenoxy) is 1. The van der Waals surface area contributed by atoms with E-state index in [2.05, 4.69) is 36.5 Å². The average Bonchev–Trinajstić information content (AvgIpc) is 2.45. The van der Waals surface area contributed by atoms with Crippen LogP contribution in [-0.4, -0.2) is 17.8 Å². The van der Waals surface area contributed by atoms with Gasteiger partial charge in [0.25, 0.3) is 0 Å². The van der Waals surface area contributed by atoms with Crippen LogP contribution in [0.25, 0.3) is 0 Å². The molecule has 2 aromatic carbocycles. The topological polar surface area (TPSA) is 41.5 Å². The Morgan fingerprint density at radius 2 is 1.86 bits per heavy atom. The first-order chi connectivity index (χ1) is 10.1. The highest BCUT2D eigenvalue weighted by molar-refractivity contribution is 5.29. The molecule has 0 fully saturated rings. The zero-order valence-corrected chi connectivity index (χ0v) is 12.7. The van der Waals surface area contributed by atoms with Gasteiger partial charge in [-0.1, -0.05) is 42.0 Å². The van der Waals surface area contributed by atoms with Crippen LogP contribution in [0, 0.1) is 6.92 Å². The van der Waals surface area contributed by atoms with Crippen LogP contribution in [0.5, 0.6) is 5.75 Å². The summed E-state index contributed by atoms with van der Waals surface area (Å²) in [7, 11) is 0. The van der Waals surface area contributed by atoms with Crippen molar-refractivity contribution in [3.63, 3.8) is 0 Å². The molecule has 0 radical (unpaired) electrons. The molecule has 2 N–H and O–H groups in total. The summed E-state index contributed by atoms with van der Waals surface area (Å²) in [5.74, 6) is 0.868. The molecule has 0 spiro atoms. The Hall–Kier alpha value is -1.84. The molecule has 0 unspecified atom stereocenters. The number of aryl methyl sites for hydroxylation is 1. The van der Waals surface area contributed by atoms with Crippen molar-refractivity contribution in [1.82, 2.24) is 5.32 Å². The summed E-state index contributed by atoms with van der Waals surface area (Å²) >= 11 is 0. The number of hydrogen-bond acceptors (Lipinski definition) is 3. The monoisotopic (exact) mass is 285 g/mol. The summed E-state index contributed by atoms with van der Waals surface area (Å²) in [6.07, 6.45) is -0.328. The van der Waals surface area contributed by atoms with Gasteiger partial charge in [0.1, 0.15) is 12.4 Å². The number of aliphatic hydroxyl groups excluding tert-OH is 1. The summed E-state index contributed by atoms with van der Waals surface area (Å²) in [5.41, 5.74) is 3.57. The van der Waals surface area contributed by atoms with E-state index in [-0.39, 0.29) is 6.10 Å². The summed E-state index contributed by atoms with van der Waals surface area (Å²) in [6, 6.07) is 16.4. The van der Waals surface area contributed by atoms with Crippen molar-refractivity contribution in [2.24, 2.45) is 0 Å². The fourth-order valence-electron chi connectivity index (χ4n) is 2.14. The summed E-state index contributed by atoms with van der Waals surface area (Å²) in [5, 5.41) is 12.4. The Morgan fingerprint density at radius 1 is 1.10 bits per heavy atom. The average molecular weight is 285 g/mol. The first-order valence-electron chi connectivity index (χ1n) is 7.29. The third-order valence-electron chi connectivity index (χ3n) is 3.16. The van der Waals surface area contributed by atoms with Crippen molar-refractivity contribution in [2.45, 2.75) is 33.1 Å². The standard InChI is InChI=1S/C18H23NO2/c1-14-5-3-7-17(9-14)13-21-18-8-4-6-16(10-18)12-19-11-15(2)20/h3-10,15,19-20H,11-13H2,1-2H3/t15-/m1/s1. The number of aliphatic hydroxyl groups is 1. The van der Waals surface area contributed by atoms with E-state index in [9.17, 15) is 5.11 Å². The van der Waals surface area contributed by atoms with Gasteiger partial charge in [-0.2, -0.15) is 0 Å². The van der Waals surface area contributed by atoms with Gasteiger partial charge in [0.2, 0.25) is 0 Å². The lowest BCUT2D eigenvalue weighted by Crippen LogP contribution is -2.23. The lowest BCUT2D eigenvalue weighted by Gasteiger charge is -2.10. The molecular formula is C18H23NO2. The molecule has 0 bridgehead atoms. The molecule has 0 heterocycles. The highest BCUT2D eigenvalue weighted by Crippen LogP contribution is 2.15. The van der Waals surface area contributed by atoms with Crippen LogP contribution in [0.3, 0.4) is 0 Å². The van der Waals surface area contributed by atoms with Crippen molar-refractivity contribution < 1.29 is 9.84 Å². The molecule has 0 aliphatic carbocycles. The maximum atomic E-state index is 9.23. The van der Waals surface area contributed by atoms with E-state index in [0.717, 1.165) is 17.9 Å². The Kier molecular flexibility index (Phi) is 5.78.